The van der Waals surface area contributed by atoms with Gasteiger partial charge in [0, 0.05) is 62.0 Å². The average molecular weight is 1350 g/mol. The Morgan fingerprint density at radius 1 is 0.653 bits per heavy atom. The maximum absolute atomic E-state index is 14.4. The summed E-state index contributed by atoms with van der Waals surface area (Å²) in [5.74, 6) is -8.76. The number of aromatic amines is 1. The van der Waals surface area contributed by atoms with E-state index in [-0.39, 0.29) is 44.8 Å². The smallest absolute Gasteiger partial charge is 0.321 e. The molecule has 23 N–H and O–H groups in total. The molecule has 3 heterocycles. The summed E-state index contributed by atoms with van der Waals surface area (Å²) in [6.07, 6.45) is 29.3. The molecule has 0 radical (unpaired) electrons. The predicted octanol–water partition coefficient (Wildman–Crippen LogP) is 2.09. The minimum absolute atomic E-state index is 0.101. The molecule has 2 aliphatic heterocycles. The van der Waals surface area contributed by atoms with Crippen molar-refractivity contribution in [2.24, 2.45) is 34.4 Å². The van der Waals surface area contributed by atoms with E-state index in [4.69, 9.17) is 34.4 Å². The third kappa shape index (κ3) is 36.9. The Morgan fingerprint density at radius 3 is 1.66 bits per heavy atom. The van der Waals surface area contributed by atoms with Crippen LogP contribution in [0, 0.1) is 0 Å². The summed E-state index contributed by atoms with van der Waals surface area (Å²) in [5.41, 5.74) is 36.4. The van der Waals surface area contributed by atoms with Gasteiger partial charge in [0.1, 0.15) is 30.2 Å². The number of primary amides is 1. The molecule has 14 atom stereocenters. The molecule has 0 bridgehead atoms. The van der Waals surface area contributed by atoms with E-state index in [2.05, 4.69) is 48.8 Å². The second kappa shape index (κ2) is 47.9. The van der Waals surface area contributed by atoms with Crippen molar-refractivity contribution >= 4 is 53.2 Å². The number of aliphatic carboxylic acids is 1. The quantitative estimate of drug-likeness (QED) is 0.0415. The van der Waals surface area contributed by atoms with E-state index >= 15 is 0 Å². The topological polar surface area (TPSA) is 495 Å². The molecule has 0 aliphatic carbocycles. The Hall–Kier alpha value is -5.88. The number of aliphatic hydroxyl groups excluding tert-OH is 3. The number of aromatic nitrogens is 2. The molecular weight excluding hydrogens is 1220 g/mol. The van der Waals surface area contributed by atoms with Crippen LogP contribution in [0.5, 0.6) is 0 Å². The van der Waals surface area contributed by atoms with Gasteiger partial charge in [0.2, 0.25) is 47.3 Å². The van der Waals surface area contributed by atoms with Gasteiger partial charge in [0.25, 0.3) is 0 Å². The van der Waals surface area contributed by atoms with E-state index in [0.29, 0.717) is 43.1 Å². The summed E-state index contributed by atoms with van der Waals surface area (Å²) in [5, 5.41) is 57.0. The van der Waals surface area contributed by atoms with Crippen LogP contribution in [0.2, 0.25) is 0 Å². The maximum Gasteiger partial charge on any atom is 0.321 e. The summed E-state index contributed by atoms with van der Waals surface area (Å²) < 4.78 is 0. The number of carbonyl (C=O) groups excluding carboxylic acids is 8. The molecule has 2 saturated heterocycles. The summed E-state index contributed by atoms with van der Waals surface area (Å²) in [4.78, 5) is 127. The number of likely N-dealkylation sites (tertiary alicyclic amines) is 1. The van der Waals surface area contributed by atoms with Crippen molar-refractivity contribution in [1.82, 2.24) is 46.8 Å². The second-order valence-corrected chi connectivity index (χ2v) is 27.2. The molecule has 3 rings (SSSR count). The molecule has 95 heavy (non-hydrogen) atoms. The molecule has 2 fully saturated rings. The van der Waals surface area contributed by atoms with Gasteiger partial charge in [-0.3, -0.25) is 43.2 Å². The van der Waals surface area contributed by atoms with Crippen LogP contribution in [0.4, 0.5) is 0 Å². The number of carbonyl (C=O) groups is 9. The molecule has 1 aromatic heterocycles. The number of hydrogen-bond acceptors (Lipinski definition) is 18. The molecule has 0 saturated carbocycles. The van der Waals surface area contributed by atoms with E-state index in [9.17, 15) is 63.6 Å². The molecule has 14 unspecified atom stereocenters. The Labute approximate surface area is 563 Å². The highest BCUT2D eigenvalue weighted by atomic mass is 16.4. The van der Waals surface area contributed by atoms with Gasteiger partial charge in [0.15, 0.2) is 0 Å². The number of nitrogens with one attached hydrogen (secondary N) is 7. The fraction of sp³-hybridized carbons (Fsp3) is 0.821. The lowest BCUT2D eigenvalue weighted by Crippen LogP contribution is -2.62. The first kappa shape index (κ1) is 83.3. The Morgan fingerprint density at radius 2 is 1.17 bits per heavy atom. The highest BCUT2D eigenvalue weighted by Crippen LogP contribution is 2.26. The minimum Gasteiger partial charge on any atom is -0.480 e. The zero-order valence-electron chi connectivity index (χ0n) is 57.1. The first-order chi connectivity index (χ1) is 45.3. The van der Waals surface area contributed by atoms with E-state index in [1.54, 1.807) is 0 Å². The van der Waals surface area contributed by atoms with Gasteiger partial charge in [-0.25, -0.2) is 4.98 Å². The fourth-order valence-corrected chi connectivity index (χ4v) is 12.6. The van der Waals surface area contributed by atoms with E-state index in [0.717, 1.165) is 83.5 Å². The standard InChI is InChI=1S/C67H123N15O13/c1-44(68)24-15-7-3-8-16-25-46(69)26-17-9-4-10-18-27-47(70)28-19-11-5-12-20-29-48(71)30-21-13-6-14-22-31-50(83)33-34-75-59(87)38-51(84)37-57(85)56-32-23-35-82(56)66(93)62-45(2)77-61(89)41-55(64(91)79-54(40-58(73)86)65(92)81-62)80-63(90)53(36-49-42-74-43-76-49)78-60(88)39-52(72)67(94)95/h42-48,50-57,62,83-85H,3-41,68-72H2,1-2H3,(H2,73,86)(H,74,76)(H,75,87)(H,77,89)(H,78,88)(H,79,91)(H,80,90)(H,81,92)(H,94,95). The van der Waals surface area contributed by atoms with Crippen molar-refractivity contribution in [2.45, 2.75) is 336 Å². The van der Waals surface area contributed by atoms with Crippen molar-refractivity contribution in [3.8, 4) is 0 Å². The van der Waals surface area contributed by atoms with Gasteiger partial charge < -0.3 is 96.6 Å². The number of imidazole rings is 1. The first-order valence-corrected chi connectivity index (χ1v) is 35.7. The first-order valence-electron chi connectivity index (χ1n) is 35.7. The normalized spacial score (nSPS) is 20.7. The predicted molar refractivity (Wildman–Crippen MR) is 363 cm³/mol. The summed E-state index contributed by atoms with van der Waals surface area (Å²) in [6, 6.07) is -9.01. The fourth-order valence-electron chi connectivity index (χ4n) is 12.6. The van der Waals surface area contributed by atoms with Gasteiger partial charge in [-0.2, -0.15) is 0 Å². The highest BCUT2D eigenvalue weighted by molar-refractivity contribution is 5.99. The van der Waals surface area contributed by atoms with Crippen LogP contribution in [-0.4, -0.2) is 186 Å². The number of unbranched alkanes of at least 4 members (excludes halogenated alkanes) is 16. The number of aliphatic hydroxyl groups is 3. The lowest BCUT2D eigenvalue weighted by Gasteiger charge is -2.35. The second-order valence-electron chi connectivity index (χ2n) is 27.2. The van der Waals surface area contributed by atoms with Gasteiger partial charge in [0.05, 0.1) is 62.4 Å². The lowest BCUT2D eigenvalue weighted by molar-refractivity contribution is -0.141. The summed E-state index contributed by atoms with van der Waals surface area (Å²) in [6.45, 7) is 3.76. The van der Waals surface area contributed by atoms with Crippen LogP contribution in [-0.2, 0) is 49.6 Å². The van der Waals surface area contributed by atoms with Crippen LogP contribution in [0.15, 0.2) is 12.5 Å². The minimum atomic E-state index is -1.75. The molecule has 28 heteroatoms. The van der Waals surface area contributed by atoms with Crippen molar-refractivity contribution in [3.63, 3.8) is 0 Å². The molecular formula is C67H123N15O13. The van der Waals surface area contributed by atoms with Crippen LogP contribution in [0.1, 0.15) is 251 Å². The van der Waals surface area contributed by atoms with E-state index in [1.807, 2.05) is 0 Å². The third-order valence-corrected chi connectivity index (χ3v) is 18.3. The number of hydrogen-bond donors (Lipinski definition) is 17. The van der Waals surface area contributed by atoms with Crippen LogP contribution in [0.25, 0.3) is 0 Å². The summed E-state index contributed by atoms with van der Waals surface area (Å²) in [7, 11) is 0. The number of rotatable bonds is 51. The molecule has 544 valence electrons. The highest BCUT2D eigenvalue weighted by Gasteiger charge is 2.42. The molecule has 1 aromatic rings. The van der Waals surface area contributed by atoms with Gasteiger partial charge >= 0.3 is 5.97 Å². The number of carboxylic acid groups (broad SMARTS) is 1. The Bertz CT molecular complexity index is 2390. The molecule has 0 aromatic carbocycles. The van der Waals surface area contributed by atoms with E-state index < -0.39 is 133 Å². The van der Waals surface area contributed by atoms with Gasteiger partial charge in [-0.15, -0.1) is 0 Å². The van der Waals surface area contributed by atoms with E-state index in [1.165, 1.54) is 114 Å². The molecule has 8 amide bonds. The van der Waals surface area contributed by atoms with Gasteiger partial charge in [-0.1, -0.05) is 128 Å². The van der Waals surface area contributed by atoms with Crippen LogP contribution >= 0.6 is 0 Å². The number of nitrogens with zero attached hydrogens (tertiary/aromatic N) is 2. The van der Waals surface area contributed by atoms with Crippen molar-refractivity contribution in [3.05, 3.63) is 18.2 Å². The molecule has 0 spiro atoms. The molecule has 2 aliphatic rings. The van der Waals surface area contributed by atoms with Crippen molar-refractivity contribution in [2.75, 3.05) is 13.1 Å². The third-order valence-electron chi connectivity index (χ3n) is 18.3. The van der Waals surface area contributed by atoms with Crippen LogP contribution < -0.4 is 66.3 Å². The number of nitrogens with two attached hydrogens (primary N) is 6. The number of carboxylic acids is 1. The Balaban J connectivity index is 1.30. The number of amides is 8. The summed E-state index contributed by atoms with van der Waals surface area (Å²) >= 11 is 0. The zero-order valence-corrected chi connectivity index (χ0v) is 57.1. The van der Waals surface area contributed by atoms with Crippen molar-refractivity contribution < 1.29 is 63.6 Å². The van der Waals surface area contributed by atoms with Gasteiger partial charge in [-0.05, 0) is 84.5 Å². The largest absolute Gasteiger partial charge is 0.480 e. The average Bonchev–Trinajstić information content (AvgIpc) is 1.75. The van der Waals surface area contributed by atoms with Crippen molar-refractivity contribution in [1.29, 1.82) is 0 Å². The lowest BCUT2D eigenvalue weighted by atomic mass is 9.98. The monoisotopic (exact) mass is 1350 g/mol. The zero-order chi connectivity index (χ0) is 70.1. The SMILES string of the molecule is CC(N)CCCCCCCC(N)CCCCCCCC(N)CCCCCCCC(N)CCCCCCCC(O)CCNC(=O)CC(O)CC(O)C1CCCN1C(=O)C1NC(=O)C(CC(N)=O)NC(=O)C(NC(=O)C(Cc2cnc[nH]2)NC(=O)CC(N)C(=O)O)CC(=O)NC1C. The van der Waals surface area contributed by atoms with Crippen LogP contribution in [0.3, 0.4) is 0 Å². The number of H-pyrrole nitrogens is 1. The Kier molecular flexibility index (Phi) is 42.1. The maximum atomic E-state index is 14.4. The molecule has 28 nitrogen and oxygen atoms in total.